The summed E-state index contributed by atoms with van der Waals surface area (Å²) in [6, 6.07) is 6.79. The van der Waals surface area contributed by atoms with Gasteiger partial charge in [0.05, 0.1) is 0 Å². The van der Waals surface area contributed by atoms with Crippen LogP contribution in [0.15, 0.2) is 47.6 Å². The maximum absolute atomic E-state index is 12.7. The fraction of sp³-hybridized carbons (Fsp3) is 0.333. The topological polar surface area (TPSA) is 0 Å². The average Bonchev–Trinajstić information content (AvgIpc) is 2.70. The lowest BCUT2D eigenvalue weighted by molar-refractivity contribution is 0.627. The van der Waals surface area contributed by atoms with Crippen molar-refractivity contribution in [1.29, 1.82) is 0 Å². The SMILES string of the molecule is CC(C)C1=CC=C(Cc2ccc(F)cc2)C1. The molecule has 0 N–H and O–H groups in total. The molecule has 0 nitrogen and oxygen atoms in total. The summed E-state index contributed by atoms with van der Waals surface area (Å²) >= 11 is 0. The molecule has 0 fully saturated rings. The van der Waals surface area contributed by atoms with Crippen molar-refractivity contribution in [2.24, 2.45) is 5.92 Å². The Kier molecular flexibility index (Phi) is 3.23. The fourth-order valence-electron chi connectivity index (χ4n) is 1.99. The van der Waals surface area contributed by atoms with Crippen molar-refractivity contribution in [3.63, 3.8) is 0 Å². The smallest absolute Gasteiger partial charge is 0.123 e. The van der Waals surface area contributed by atoms with Gasteiger partial charge in [0.15, 0.2) is 0 Å². The van der Waals surface area contributed by atoms with Gasteiger partial charge in [-0.05, 0) is 36.5 Å². The molecule has 0 saturated heterocycles. The van der Waals surface area contributed by atoms with E-state index in [-0.39, 0.29) is 5.82 Å². The molecule has 0 spiro atoms. The van der Waals surface area contributed by atoms with E-state index in [1.807, 2.05) is 12.1 Å². The Labute approximate surface area is 96.5 Å². The summed E-state index contributed by atoms with van der Waals surface area (Å²) in [5.74, 6) is 0.465. The molecule has 1 heteroatoms. The highest BCUT2D eigenvalue weighted by atomic mass is 19.1. The van der Waals surface area contributed by atoms with Crippen molar-refractivity contribution in [1.82, 2.24) is 0 Å². The largest absolute Gasteiger partial charge is 0.207 e. The molecule has 2 rings (SSSR count). The highest BCUT2D eigenvalue weighted by Crippen LogP contribution is 2.27. The normalized spacial score (nSPS) is 15.2. The van der Waals surface area contributed by atoms with E-state index in [1.165, 1.54) is 28.8 Å². The number of rotatable bonds is 3. The molecule has 1 aliphatic rings. The molecule has 16 heavy (non-hydrogen) atoms. The second kappa shape index (κ2) is 4.65. The van der Waals surface area contributed by atoms with Gasteiger partial charge < -0.3 is 0 Å². The van der Waals surface area contributed by atoms with Gasteiger partial charge in [0.2, 0.25) is 0 Å². The molecule has 0 aliphatic heterocycles. The maximum Gasteiger partial charge on any atom is 0.123 e. The summed E-state index contributed by atoms with van der Waals surface area (Å²) < 4.78 is 12.7. The van der Waals surface area contributed by atoms with Gasteiger partial charge >= 0.3 is 0 Å². The van der Waals surface area contributed by atoms with Crippen LogP contribution in [0.4, 0.5) is 4.39 Å². The number of hydrogen-bond donors (Lipinski definition) is 0. The van der Waals surface area contributed by atoms with Crippen LogP contribution in [0.2, 0.25) is 0 Å². The van der Waals surface area contributed by atoms with Crippen LogP contribution >= 0.6 is 0 Å². The van der Waals surface area contributed by atoms with Gasteiger partial charge in [0.25, 0.3) is 0 Å². The third kappa shape index (κ3) is 2.60. The number of allylic oxidation sites excluding steroid dienone is 4. The summed E-state index contributed by atoms with van der Waals surface area (Å²) in [5, 5.41) is 0. The molecular weight excluding hydrogens is 199 g/mol. The Morgan fingerprint density at radius 2 is 1.81 bits per heavy atom. The maximum atomic E-state index is 12.7. The molecular formula is C15H17F. The van der Waals surface area contributed by atoms with E-state index in [2.05, 4.69) is 26.0 Å². The molecule has 0 atom stereocenters. The van der Waals surface area contributed by atoms with E-state index >= 15 is 0 Å². The van der Waals surface area contributed by atoms with Crippen molar-refractivity contribution in [3.05, 3.63) is 58.9 Å². The fourth-order valence-corrected chi connectivity index (χ4v) is 1.99. The van der Waals surface area contributed by atoms with Gasteiger partial charge in [-0.3, -0.25) is 0 Å². The third-order valence-electron chi connectivity index (χ3n) is 3.05. The molecule has 0 radical (unpaired) electrons. The second-order valence-corrected chi connectivity index (χ2v) is 4.70. The van der Waals surface area contributed by atoms with E-state index in [9.17, 15) is 4.39 Å². The van der Waals surface area contributed by atoms with E-state index in [0.29, 0.717) is 5.92 Å². The lowest BCUT2D eigenvalue weighted by atomic mass is 9.97. The summed E-state index contributed by atoms with van der Waals surface area (Å²) in [7, 11) is 0. The first-order valence-corrected chi connectivity index (χ1v) is 5.78. The average molecular weight is 216 g/mol. The molecule has 1 aromatic rings. The van der Waals surface area contributed by atoms with Crippen LogP contribution in [-0.4, -0.2) is 0 Å². The van der Waals surface area contributed by atoms with Crippen molar-refractivity contribution in [2.45, 2.75) is 26.7 Å². The molecule has 0 aromatic heterocycles. The minimum Gasteiger partial charge on any atom is -0.207 e. The van der Waals surface area contributed by atoms with Gasteiger partial charge in [-0.1, -0.05) is 49.3 Å². The predicted octanol–water partition coefficient (Wildman–Crippen LogP) is 4.28. The summed E-state index contributed by atoms with van der Waals surface area (Å²) in [5.41, 5.74) is 4.11. The Morgan fingerprint density at radius 3 is 2.38 bits per heavy atom. The van der Waals surface area contributed by atoms with Crippen LogP contribution in [0.1, 0.15) is 25.8 Å². The molecule has 0 unspecified atom stereocenters. The summed E-state index contributed by atoms with van der Waals surface area (Å²) in [6.45, 7) is 4.45. The van der Waals surface area contributed by atoms with Crippen LogP contribution in [0.25, 0.3) is 0 Å². The van der Waals surface area contributed by atoms with E-state index in [0.717, 1.165) is 12.8 Å². The zero-order valence-corrected chi connectivity index (χ0v) is 9.83. The van der Waals surface area contributed by atoms with Crippen molar-refractivity contribution in [2.75, 3.05) is 0 Å². The van der Waals surface area contributed by atoms with Crippen molar-refractivity contribution < 1.29 is 4.39 Å². The van der Waals surface area contributed by atoms with Gasteiger partial charge in [-0.25, -0.2) is 4.39 Å². The zero-order valence-electron chi connectivity index (χ0n) is 9.83. The molecule has 0 saturated carbocycles. The monoisotopic (exact) mass is 216 g/mol. The molecule has 84 valence electrons. The lowest BCUT2D eigenvalue weighted by Crippen LogP contribution is -1.94. The standard InChI is InChI=1S/C15H17F/c1-11(2)14-6-3-13(10-14)9-12-4-7-15(16)8-5-12/h3-8,11H,9-10H2,1-2H3. The first kappa shape index (κ1) is 11.1. The highest BCUT2D eigenvalue weighted by Gasteiger charge is 2.11. The summed E-state index contributed by atoms with van der Waals surface area (Å²) in [6.07, 6.45) is 6.45. The van der Waals surface area contributed by atoms with Crippen molar-refractivity contribution >= 4 is 0 Å². The van der Waals surface area contributed by atoms with Crippen molar-refractivity contribution in [3.8, 4) is 0 Å². The Morgan fingerprint density at radius 1 is 1.12 bits per heavy atom. The lowest BCUT2D eigenvalue weighted by Gasteiger charge is -2.08. The van der Waals surface area contributed by atoms with Crippen LogP contribution in [0, 0.1) is 11.7 Å². The second-order valence-electron chi connectivity index (χ2n) is 4.70. The minimum atomic E-state index is -0.162. The van der Waals surface area contributed by atoms with Crippen LogP contribution in [0.3, 0.4) is 0 Å². The van der Waals surface area contributed by atoms with E-state index in [1.54, 1.807) is 0 Å². The molecule has 0 bridgehead atoms. The zero-order chi connectivity index (χ0) is 11.5. The Hall–Kier alpha value is -1.37. The number of halogens is 1. The van der Waals surface area contributed by atoms with Gasteiger partial charge in [0.1, 0.15) is 5.82 Å². The Bertz CT molecular complexity index is 421. The first-order valence-electron chi connectivity index (χ1n) is 5.78. The number of benzene rings is 1. The van der Waals surface area contributed by atoms with Crippen LogP contribution in [0.5, 0.6) is 0 Å². The molecule has 1 aromatic carbocycles. The van der Waals surface area contributed by atoms with Gasteiger partial charge in [0, 0.05) is 0 Å². The highest BCUT2D eigenvalue weighted by molar-refractivity contribution is 5.35. The predicted molar refractivity (Wildman–Crippen MR) is 65.7 cm³/mol. The Balaban J connectivity index is 1.96. The van der Waals surface area contributed by atoms with Gasteiger partial charge in [-0.15, -0.1) is 0 Å². The summed E-state index contributed by atoms with van der Waals surface area (Å²) in [4.78, 5) is 0. The molecule has 1 aliphatic carbocycles. The molecule has 0 amide bonds. The minimum absolute atomic E-state index is 0.162. The third-order valence-corrected chi connectivity index (χ3v) is 3.05. The van der Waals surface area contributed by atoms with Gasteiger partial charge in [-0.2, -0.15) is 0 Å². The first-order chi connectivity index (χ1) is 7.65. The quantitative estimate of drug-likeness (QED) is 0.707. The van der Waals surface area contributed by atoms with Crippen LogP contribution in [-0.2, 0) is 6.42 Å². The van der Waals surface area contributed by atoms with E-state index < -0.39 is 0 Å². The van der Waals surface area contributed by atoms with E-state index in [4.69, 9.17) is 0 Å². The van der Waals surface area contributed by atoms with Crippen LogP contribution < -0.4 is 0 Å². The molecule has 0 heterocycles. The number of hydrogen-bond acceptors (Lipinski definition) is 0.